The molecule has 8 heteroatoms. The van der Waals surface area contributed by atoms with Crippen molar-refractivity contribution in [1.29, 1.82) is 0 Å². The molecule has 1 aromatic heterocycles. The van der Waals surface area contributed by atoms with Crippen LogP contribution in [0.15, 0.2) is 72.8 Å². The predicted molar refractivity (Wildman–Crippen MR) is 128 cm³/mol. The number of phenolic OH excluding ortho intramolecular Hbond substituents is 1. The number of aryl methyl sites for hydroxylation is 1. The van der Waals surface area contributed by atoms with Crippen molar-refractivity contribution in [2.75, 3.05) is 23.0 Å². The summed E-state index contributed by atoms with van der Waals surface area (Å²) >= 11 is 0. The van der Waals surface area contributed by atoms with Crippen molar-refractivity contribution < 1.29 is 14.6 Å². The molecule has 0 radical (unpaired) electrons. The number of aliphatic hydroxyl groups excluding tert-OH is 1. The van der Waals surface area contributed by atoms with Gasteiger partial charge in [0.25, 0.3) is 0 Å². The molecule has 0 saturated heterocycles. The quantitative estimate of drug-likeness (QED) is 0.260. The maximum Gasteiger partial charge on any atom is 0.222 e. The zero-order valence-corrected chi connectivity index (χ0v) is 18.0. The lowest BCUT2D eigenvalue weighted by molar-refractivity contribution is 0.276. The van der Waals surface area contributed by atoms with Crippen LogP contribution in [0.25, 0.3) is 11.3 Å². The number of aliphatic hydroxyl groups is 1. The van der Waals surface area contributed by atoms with Crippen molar-refractivity contribution >= 4 is 23.1 Å². The van der Waals surface area contributed by atoms with E-state index in [1.807, 2.05) is 37.3 Å². The lowest BCUT2D eigenvalue weighted by Gasteiger charge is -2.18. The minimum absolute atomic E-state index is 0.00194. The highest BCUT2D eigenvalue weighted by Gasteiger charge is 2.15. The molecule has 0 aliphatic rings. The van der Waals surface area contributed by atoms with Gasteiger partial charge in [-0.2, -0.15) is 4.98 Å². The van der Waals surface area contributed by atoms with E-state index in [4.69, 9.17) is 5.73 Å². The smallest absolute Gasteiger partial charge is 0.222 e. The highest BCUT2D eigenvalue weighted by atomic mass is 19.1. The van der Waals surface area contributed by atoms with Crippen molar-refractivity contribution in [1.82, 2.24) is 9.97 Å². The summed E-state index contributed by atoms with van der Waals surface area (Å²) in [6.07, 6.45) is 0. The van der Waals surface area contributed by atoms with Gasteiger partial charge in [-0.1, -0.05) is 36.4 Å². The van der Waals surface area contributed by atoms with Crippen LogP contribution in [-0.2, 0) is 0 Å². The van der Waals surface area contributed by atoms with Crippen LogP contribution in [0.2, 0.25) is 0 Å². The standard InChI is InChI=1S/C25H24FN5O2/c1-15-7-9-20(19(26)11-15)28-17-8-10-23(33)18(12-17)21-13-24(31-25(27)30-21)29-22(14-32)16-5-3-2-4-6-16/h2-13,22,28,32-33H,14H2,1H3,(H3,27,29,30,31)/t22-/m0/s1. The Morgan fingerprint density at radius 3 is 2.52 bits per heavy atom. The second-order valence-corrected chi connectivity index (χ2v) is 7.63. The predicted octanol–water partition coefficient (Wildman–Crippen LogP) is 4.77. The molecule has 0 amide bonds. The minimum atomic E-state index is -0.403. The molecular formula is C25H24FN5O2. The van der Waals surface area contributed by atoms with Crippen LogP contribution in [-0.4, -0.2) is 26.8 Å². The first-order valence-electron chi connectivity index (χ1n) is 10.4. The molecule has 168 valence electrons. The minimum Gasteiger partial charge on any atom is -0.507 e. The van der Waals surface area contributed by atoms with Crippen LogP contribution < -0.4 is 16.4 Å². The molecule has 1 atom stereocenters. The van der Waals surface area contributed by atoms with E-state index in [9.17, 15) is 14.6 Å². The highest BCUT2D eigenvalue weighted by molar-refractivity contribution is 5.75. The molecule has 0 saturated carbocycles. The molecule has 0 spiro atoms. The van der Waals surface area contributed by atoms with Gasteiger partial charge in [-0.3, -0.25) is 0 Å². The Labute approximate surface area is 190 Å². The SMILES string of the molecule is Cc1ccc(Nc2ccc(O)c(-c3cc(N[C@@H](CO)c4ccccc4)nc(N)n3)c2)c(F)c1. The van der Waals surface area contributed by atoms with E-state index in [0.29, 0.717) is 28.5 Å². The second-order valence-electron chi connectivity index (χ2n) is 7.63. The van der Waals surface area contributed by atoms with Gasteiger partial charge in [-0.05, 0) is 48.4 Å². The topological polar surface area (TPSA) is 116 Å². The van der Waals surface area contributed by atoms with Gasteiger partial charge < -0.3 is 26.6 Å². The average molecular weight is 445 g/mol. The number of rotatable bonds is 7. The molecule has 1 heterocycles. The Morgan fingerprint density at radius 1 is 1.00 bits per heavy atom. The van der Waals surface area contributed by atoms with Crippen molar-refractivity contribution in [2.45, 2.75) is 13.0 Å². The monoisotopic (exact) mass is 445 g/mol. The third-order valence-electron chi connectivity index (χ3n) is 5.13. The molecule has 0 bridgehead atoms. The summed E-state index contributed by atoms with van der Waals surface area (Å²) in [5, 5.41) is 26.5. The van der Waals surface area contributed by atoms with Gasteiger partial charge in [-0.25, -0.2) is 9.37 Å². The fourth-order valence-electron chi connectivity index (χ4n) is 3.47. The second kappa shape index (κ2) is 9.54. The molecule has 6 N–H and O–H groups in total. The Bertz CT molecular complexity index is 1270. The molecule has 0 fully saturated rings. The number of aromatic hydroxyl groups is 1. The summed E-state index contributed by atoms with van der Waals surface area (Å²) in [7, 11) is 0. The Morgan fingerprint density at radius 2 is 1.79 bits per heavy atom. The Kier molecular flexibility index (Phi) is 6.37. The van der Waals surface area contributed by atoms with Crippen LogP contribution in [0.4, 0.5) is 27.5 Å². The summed E-state index contributed by atoms with van der Waals surface area (Å²) in [6.45, 7) is 1.66. The third-order valence-corrected chi connectivity index (χ3v) is 5.13. The van der Waals surface area contributed by atoms with Crippen LogP contribution in [0.1, 0.15) is 17.2 Å². The lowest BCUT2D eigenvalue weighted by atomic mass is 10.1. The highest BCUT2D eigenvalue weighted by Crippen LogP contribution is 2.34. The number of benzene rings is 3. The van der Waals surface area contributed by atoms with Crippen LogP contribution in [0, 0.1) is 12.7 Å². The first-order chi connectivity index (χ1) is 15.9. The first kappa shape index (κ1) is 22.0. The summed E-state index contributed by atoms with van der Waals surface area (Å²) in [5.41, 5.74) is 9.27. The molecule has 7 nitrogen and oxygen atoms in total. The largest absolute Gasteiger partial charge is 0.507 e. The number of halogens is 1. The maximum absolute atomic E-state index is 14.3. The molecule has 3 aromatic carbocycles. The summed E-state index contributed by atoms with van der Waals surface area (Å²) < 4.78 is 14.3. The maximum atomic E-state index is 14.3. The summed E-state index contributed by atoms with van der Waals surface area (Å²) in [4.78, 5) is 8.46. The van der Waals surface area contributed by atoms with E-state index in [1.54, 1.807) is 30.3 Å². The molecule has 4 aromatic rings. The Balaban J connectivity index is 1.64. The van der Waals surface area contributed by atoms with E-state index in [-0.39, 0.29) is 24.1 Å². The lowest BCUT2D eigenvalue weighted by Crippen LogP contribution is -2.16. The van der Waals surface area contributed by atoms with Crippen molar-refractivity contribution in [3.05, 3.63) is 89.7 Å². The normalized spacial score (nSPS) is 11.7. The van der Waals surface area contributed by atoms with E-state index >= 15 is 0 Å². The summed E-state index contributed by atoms with van der Waals surface area (Å²) in [6, 6.07) is 20.4. The van der Waals surface area contributed by atoms with Gasteiger partial charge in [0.15, 0.2) is 0 Å². The van der Waals surface area contributed by atoms with E-state index < -0.39 is 6.04 Å². The van der Waals surface area contributed by atoms with E-state index in [1.165, 1.54) is 12.1 Å². The molecular weight excluding hydrogens is 421 g/mol. The zero-order chi connectivity index (χ0) is 23.4. The number of anilines is 4. The first-order valence-corrected chi connectivity index (χ1v) is 10.4. The van der Waals surface area contributed by atoms with Gasteiger partial charge in [-0.15, -0.1) is 0 Å². The van der Waals surface area contributed by atoms with Crippen LogP contribution >= 0.6 is 0 Å². The molecule has 0 aliphatic heterocycles. The number of hydrogen-bond donors (Lipinski definition) is 5. The Hall–Kier alpha value is -4.17. The number of nitrogens with zero attached hydrogens (tertiary/aromatic N) is 2. The van der Waals surface area contributed by atoms with Gasteiger partial charge in [0, 0.05) is 17.3 Å². The van der Waals surface area contributed by atoms with E-state index in [0.717, 1.165) is 11.1 Å². The third kappa shape index (κ3) is 5.19. The van der Waals surface area contributed by atoms with Gasteiger partial charge in [0.1, 0.15) is 17.4 Å². The fraction of sp³-hybridized carbons (Fsp3) is 0.120. The van der Waals surface area contributed by atoms with Crippen LogP contribution in [0.5, 0.6) is 5.75 Å². The van der Waals surface area contributed by atoms with Crippen molar-refractivity contribution in [3.63, 3.8) is 0 Å². The average Bonchev–Trinajstić information content (AvgIpc) is 2.80. The number of phenols is 1. The van der Waals surface area contributed by atoms with Crippen LogP contribution in [0.3, 0.4) is 0 Å². The fourth-order valence-corrected chi connectivity index (χ4v) is 3.47. The number of hydrogen-bond acceptors (Lipinski definition) is 7. The molecule has 0 aliphatic carbocycles. The zero-order valence-electron chi connectivity index (χ0n) is 18.0. The van der Waals surface area contributed by atoms with Gasteiger partial charge in [0.2, 0.25) is 5.95 Å². The number of nitrogens with one attached hydrogen (secondary N) is 2. The molecule has 4 rings (SSSR count). The van der Waals surface area contributed by atoms with Gasteiger partial charge in [0.05, 0.1) is 24.0 Å². The number of aromatic nitrogens is 2. The number of nitrogens with two attached hydrogens (primary N) is 1. The molecule has 33 heavy (non-hydrogen) atoms. The molecule has 0 unspecified atom stereocenters. The summed E-state index contributed by atoms with van der Waals surface area (Å²) in [5.74, 6) is -0.000989. The van der Waals surface area contributed by atoms with Crippen molar-refractivity contribution in [2.24, 2.45) is 0 Å². The van der Waals surface area contributed by atoms with Crippen molar-refractivity contribution in [3.8, 4) is 17.0 Å². The number of nitrogen functional groups attached to an aromatic ring is 1. The van der Waals surface area contributed by atoms with Gasteiger partial charge >= 0.3 is 0 Å². The van der Waals surface area contributed by atoms with E-state index in [2.05, 4.69) is 20.6 Å².